The second-order valence-corrected chi connectivity index (χ2v) is 7.91. The van der Waals surface area contributed by atoms with Crippen LogP contribution in [0.5, 0.6) is 0 Å². The van der Waals surface area contributed by atoms with Crippen molar-refractivity contribution in [2.45, 2.75) is 6.92 Å². The number of benzene rings is 2. The maximum absolute atomic E-state index is 11.5. The second kappa shape index (κ2) is 6.91. The number of nitrogens with zero attached hydrogens (tertiary/aromatic N) is 2. The summed E-state index contributed by atoms with van der Waals surface area (Å²) in [5.74, 6) is 0.869. The maximum atomic E-state index is 11.5. The topological polar surface area (TPSA) is 100 Å². The van der Waals surface area contributed by atoms with Crippen LogP contribution in [0.15, 0.2) is 57.9 Å². The molecule has 0 aliphatic rings. The van der Waals surface area contributed by atoms with Crippen molar-refractivity contribution in [3.8, 4) is 17.4 Å². The minimum atomic E-state index is -4.10. The van der Waals surface area contributed by atoms with Gasteiger partial charge in [-0.05, 0) is 48.0 Å². The molecule has 1 heterocycles. The van der Waals surface area contributed by atoms with E-state index >= 15 is 0 Å². The number of allylic oxidation sites excluding steroid dienone is 2. The van der Waals surface area contributed by atoms with Gasteiger partial charge in [-0.15, -0.1) is 0 Å². The molecule has 3 rings (SSSR count). The Morgan fingerprint density at radius 3 is 2.37 bits per heavy atom. The Bertz CT molecular complexity index is 1200. The van der Waals surface area contributed by atoms with E-state index in [1.54, 1.807) is 18.2 Å². The molecule has 0 aliphatic carbocycles. The average Bonchev–Trinajstić information content (AvgIpc) is 3.10. The molecule has 0 fully saturated rings. The number of nitrogens with two attached hydrogens (primary N) is 1. The van der Waals surface area contributed by atoms with Crippen molar-refractivity contribution < 1.29 is 12.8 Å². The van der Waals surface area contributed by atoms with Crippen LogP contribution in [-0.2, 0) is 10.0 Å². The van der Waals surface area contributed by atoms with Gasteiger partial charge in [0.25, 0.3) is 0 Å². The number of nitriles is 1. The van der Waals surface area contributed by atoms with Crippen molar-refractivity contribution >= 4 is 32.1 Å². The van der Waals surface area contributed by atoms with Crippen molar-refractivity contribution in [3.63, 3.8) is 0 Å². The first kappa shape index (κ1) is 18.7. The fraction of sp³-hybridized carbons (Fsp3) is 0.150. The third-order valence-electron chi connectivity index (χ3n) is 4.33. The summed E-state index contributed by atoms with van der Waals surface area (Å²) in [6, 6.07) is 17.1. The number of primary sulfonamides is 1. The number of hydrogen-bond donors (Lipinski definition) is 1. The highest BCUT2D eigenvalue weighted by Crippen LogP contribution is 2.31. The Balaban J connectivity index is 2.03. The lowest BCUT2D eigenvalue weighted by Crippen LogP contribution is -2.14. The number of fused-ring (bicyclic) bond motifs is 1. The third-order valence-corrected chi connectivity index (χ3v) is 5.29. The molecular formula is C20H19N3O3S. The van der Waals surface area contributed by atoms with Crippen molar-refractivity contribution in [3.05, 3.63) is 59.2 Å². The van der Waals surface area contributed by atoms with Crippen molar-refractivity contribution in [2.75, 3.05) is 19.0 Å². The molecule has 138 valence electrons. The van der Waals surface area contributed by atoms with Gasteiger partial charge < -0.3 is 9.32 Å². The van der Waals surface area contributed by atoms with Gasteiger partial charge in [0.2, 0.25) is 10.0 Å². The van der Waals surface area contributed by atoms with E-state index < -0.39 is 14.9 Å². The minimum absolute atomic E-state index is 0.183. The smallest absolute Gasteiger partial charge is 0.248 e. The summed E-state index contributed by atoms with van der Waals surface area (Å²) in [6.45, 7) is 1.49. The molecule has 7 heteroatoms. The lowest BCUT2D eigenvalue weighted by Gasteiger charge is -2.13. The third kappa shape index (κ3) is 3.72. The molecule has 0 amide bonds. The summed E-state index contributed by atoms with van der Waals surface area (Å²) < 4.78 is 28.8. The van der Waals surface area contributed by atoms with Gasteiger partial charge in [0.1, 0.15) is 17.6 Å². The zero-order valence-electron chi connectivity index (χ0n) is 15.2. The Hall–Kier alpha value is -3.08. The quantitative estimate of drug-likeness (QED) is 0.694. The molecule has 2 N–H and O–H groups in total. The molecule has 6 nitrogen and oxygen atoms in total. The highest BCUT2D eigenvalue weighted by molar-refractivity contribution is 7.93. The highest BCUT2D eigenvalue weighted by atomic mass is 32.2. The molecule has 0 aliphatic heterocycles. The standard InChI is InChI=1S/C20H19N3O3S/c1-13(20(12-21)27(22,24)25)18-8-9-19(26-18)16-5-4-15-11-17(23(2)3)7-6-14(15)10-16/h4-11H,1-3H3,(H2,22,24,25). The number of furan rings is 1. The predicted molar refractivity (Wildman–Crippen MR) is 107 cm³/mol. The second-order valence-electron chi connectivity index (χ2n) is 6.42. The van der Waals surface area contributed by atoms with E-state index in [4.69, 9.17) is 14.8 Å². The van der Waals surface area contributed by atoms with Crippen LogP contribution >= 0.6 is 0 Å². The van der Waals surface area contributed by atoms with Crippen LogP contribution in [0.3, 0.4) is 0 Å². The maximum Gasteiger partial charge on any atom is 0.248 e. The van der Waals surface area contributed by atoms with Crippen LogP contribution in [0, 0.1) is 11.3 Å². The first-order chi connectivity index (χ1) is 12.7. The van der Waals surface area contributed by atoms with Gasteiger partial charge in [0.15, 0.2) is 4.91 Å². The van der Waals surface area contributed by atoms with E-state index in [2.05, 4.69) is 6.07 Å². The zero-order valence-corrected chi connectivity index (χ0v) is 16.0. The van der Waals surface area contributed by atoms with Gasteiger partial charge in [-0.1, -0.05) is 18.2 Å². The van der Waals surface area contributed by atoms with Crippen LogP contribution in [0.4, 0.5) is 5.69 Å². The van der Waals surface area contributed by atoms with Crippen LogP contribution in [0.25, 0.3) is 27.7 Å². The fourth-order valence-corrected chi connectivity index (χ4v) is 3.49. The Kier molecular flexibility index (Phi) is 4.79. The summed E-state index contributed by atoms with van der Waals surface area (Å²) in [4.78, 5) is 1.54. The number of sulfonamides is 1. The van der Waals surface area contributed by atoms with Gasteiger partial charge in [-0.25, -0.2) is 13.6 Å². The van der Waals surface area contributed by atoms with Gasteiger partial charge in [-0.2, -0.15) is 5.26 Å². The van der Waals surface area contributed by atoms with Crippen LogP contribution < -0.4 is 10.0 Å². The lowest BCUT2D eigenvalue weighted by molar-refractivity contribution is 0.566. The van der Waals surface area contributed by atoms with Crippen molar-refractivity contribution in [2.24, 2.45) is 5.14 Å². The van der Waals surface area contributed by atoms with Gasteiger partial charge >= 0.3 is 0 Å². The molecule has 0 radical (unpaired) electrons. The van der Waals surface area contributed by atoms with E-state index in [0.717, 1.165) is 22.0 Å². The van der Waals surface area contributed by atoms with Crippen LogP contribution in [0.1, 0.15) is 12.7 Å². The molecule has 0 spiro atoms. The molecule has 0 atom stereocenters. The molecule has 0 unspecified atom stereocenters. The molecule has 1 aromatic heterocycles. The van der Waals surface area contributed by atoms with Gasteiger partial charge in [-0.3, -0.25) is 0 Å². The normalized spacial score (nSPS) is 12.6. The van der Waals surface area contributed by atoms with E-state index in [-0.39, 0.29) is 5.57 Å². The summed E-state index contributed by atoms with van der Waals surface area (Å²) in [5, 5.41) is 16.3. The summed E-state index contributed by atoms with van der Waals surface area (Å²) in [6.07, 6.45) is 0. The molecule has 27 heavy (non-hydrogen) atoms. The highest BCUT2D eigenvalue weighted by Gasteiger charge is 2.19. The molecule has 0 bridgehead atoms. The largest absolute Gasteiger partial charge is 0.456 e. The monoisotopic (exact) mass is 381 g/mol. The summed E-state index contributed by atoms with van der Waals surface area (Å²) in [7, 11) is -0.117. The first-order valence-electron chi connectivity index (χ1n) is 8.16. The molecule has 3 aromatic rings. The van der Waals surface area contributed by atoms with Crippen LogP contribution in [0.2, 0.25) is 0 Å². The first-order valence-corrected chi connectivity index (χ1v) is 9.71. The minimum Gasteiger partial charge on any atom is -0.456 e. The summed E-state index contributed by atoms with van der Waals surface area (Å²) in [5.41, 5.74) is 2.15. The molecule has 2 aromatic carbocycles. The summed E-state index contributed by atoms with van der Waals surface area (Å²) >= 11 is 0. The Morgan fingerprint density at radius 1 is 1.07 bits per heavy atom. The van der Waals surface area contributed by atoms with E-state index in [1.807, 2.05) is 49.3 Å². The Morgan fingerprint density at radius 2 is 1.74 bits per heavy atom. The zero-order chi connectivity index (χ0) is 19.8. The Labute approximate surface area is 158 Å². The van der Waals surface area contributed by atoms with Gasteiger partial charge in [0.05, 0.1) is 0 Å². The lowest BCUT2D eigenvalue weighted by atomic mass is 10.0. The predicted octanol–water partition coefficient (Wildman–Crippen LogP) is 3.71. The molecule has 0 saturated carbocycles. The molecular weight excluding hydrogens is 362 g/mol. The number of anilines is 1. The number of hydrogen-bond acceptors (Lipinski definition) is 5. The van der Waals surface area contributed by atoms with Crippen molar-refractivity contribution in [1.29, 1.82) is 5.26 Å². The van der Waals surface area contributed by atoms with Crippen LogP contribution in [-0.4, -0.2) is 22.5 Å². The van der Waals surface area contributed by atoms with Crippen molar-refractivity contribution in [1.82, 2.24) is 0 Å². The van der Waals surface area contributed by atoms with E-state index in [0.29, 0.717) is 11.5 Å². The van der Waals surface area contributed by atoms with E-state index in [9.17, 15) is 8.42 Å². The average molecular weight is 381 g/mol. The van der Waals surface area contributed by atoms with Gasteiger partial charge in [0, 0.05) is 30.9 Å². The molecule has 0 saturated heterocycles. The van der Waals surface area contributed by atoms with E-state index in [1.165, 1.54) is 6.92 Å². The SMILES string of the molecule is CC(=C(C#N)S(N)(=O)=O)c1ccc(-c2ccc3cc(N(C)C)ccc3c2)o1. The fourth-order valence-electron chi connectivity index (χ4n) is 2.83. The number of rotatable bonds is 4.